The molecule has 16 heavy (non-hydrogen) atoms. The summed E-state index contributed by atoms with van der Waals surface area (Å²) in [6, 6.07) is 4.04. The van der Waals surface area contributed by atoms with E-state index >= 15 is 0 Å². The fraction of sp³-hybridized carbons (Fsp3) is 0.643. The SMILES string of the molecule is CC.CC.Cc1ccc(C(C)(C)C)c(Cl)n1. The number of pyridine rings is 1. The Kier molecular flexibility index (Phi) is 9.55. The fourth-order valence-electron chi connectivity index (χ4n) is 1.08. The summed E-state index contributed by atoms with van der Waals surface area (Å²) in [5, 5.41) is 0.627. The number of hydrogen-bond acceptors (Lipinski definition) is 1. The van der Waals surface area contributed by atoms with Gasteiger partial charge in [-0.25, -0.2) is 4.98 Å². The summed E-state index contributed by atoms with van der Waals surface area (Å²) in [4.78, 5) is 4.21. The van der Waals surface area contributed by atoms with Crippen LogP contribution in [0.15, 0.2) is 12.1 Å². The second-order valence-corrected chi connectivity index (χ2v) is 4.40. The summed E-state index contributed by atoms with van der Waals surface area (Å²) < 4.78 is 0. The van der Waals surface area contributed by atoms with Gasteiger partial charge in [0.2, 0.25) is 0 Å². The van der Waals surface area contributed by atoms with Crippen molar-refractivity contribution in [1.82, 2.24) is 4.98 Å². The molecule has 1 aromatic heterocycles. The van der Waals surface area contributed by atoms with Crippen LogP contribution in [-0.4, -0.2) is 4.98 Å². The van der Waals surface area contributed by atoms with Crippen LogP contribution in [0.1, 0.15) is 59.7 Å². The average Bonchev–Trinajstić information content (AvgIpc) is 2.21. The number of aromatic nitrogens is 1. The highest BCUT2D eigenvalue weighted by Crippen LogP contribution is 2.27. The first-order valence-corrected chi connectivity index (χ1v) is 6.42. The van der Waals surface area contributed by atoms with Crippen LogP contribution in [-0.2, 0) is 5.41 Å². The standard InChI is InChI=1S/C10H14ClN.2C2H6/c1-7-5-6-8(9(11)12-7)10(2,3)4;2*1-2/h5-6H,1-4H3;2*1-2H3. The Morgan fingerprint density at radius 2 is 1.44 bits per heavy atom. The van der Waals surface area contributed by atoms with Crippen LogP contribution in [0.25, 0.3) is 0 Å². The van der Waals surface area contributed by atoms with Gasteiger partial charge in [-0.05, 0) is 24.0 Å². The number of aryl methyl sites for hydroxylation is 1. The van der Waals surface area contributed by atoms with E-state index in [9.17, 15) is 0 Å². The molecule has 0 aliphatic carbocycles. The van der Waals surface area contributed by atoms with Crippen molar-refractivity contribution in [3.05, 3.63) is 28.5 Å². The van der Waals surface area contributed by atoms with Gasteiger partial charge in [0.05, 0.1) is 0 Å². The number of nitrogens with zero attached hydrogens (tertiary/aromatic N) is 1. The van der Waals surface area contributed by atoms with E-state index < -0.39 is 0 Å². The molecule has 94 valence electrons. The molecule has 1 nitrogen and oxygen atoms in total. The summed E-state index contributed by atoms with van der Waals surface area (Å²) in [6.45, 7) is 16.3. The van der Waals surface area contributed by atoms with Crippen LogP contribution in [0.5, 0.6) is 0 Å². The second kappa shape index (κ2) is 8.58. The smallest absolute Gasteiger partial charge is 0.133 e. The molecule has 0 aliphatic rings. The maximum absolute atomic E-state index is 6.00. The topological polar surface area (TPSA) is 12.9 Å². The molecular weight excluding hydrogens is 218 g/mol. The molecule has 0 atom stereocenters. The molecule has 0 aromatic carbocycles. The van der Waals surface area contributed by atoms with Gasteiger partial charge < -0.3 is 0 Å². The summed E-state index contributed by atoms with van der Waals surface area (Å²) in [6.07, 6.45) is 0. The van der Waals surface area contributed by atoms with E-state index in [4.69, 9.17) is 11.6 Å². The predicted octanol–water partition coefficient (Wildman–Crippen LogP) is 5.39. The first-order chi connectivity index (χ1) is 7.41. The monoisotopic (exact) mass is 243 g/mol. The van der Waals surface area contributed by atoms with Gasteiger partial charge in [0.25, 0.3) is 0 Å². The van der Waals surface area contributed by atoms with Gasteiger partial charge in [-0.3, -0.25) is 0 Å². The molecule has 0 saturated heterocycles. The molecule has 0 radical (unpaired) electrons. The average molecular weight is 244 g/mol. The molecule has 0 amide bonds. The Morgan fingerprint density at radius 1 is 1.00 bits per heavy atom. The summed E-state index contributed by atoms with van der Waals surface area (Å²) in [7, 11) is 0. The molecule has 0 saturated carbocycles. The van der Waals surface area contributed by atoms with Crippen molar-refractivity contribution >= 4 is 11.6 Å². The van der Waals surface area contributed by atoms with E-state index in [1.807, 2.05) is 46.8 Å². The molecule has 1 rings (SSSR count). The van der Waals surface area contributed by atoms with E-state index in [2.05, 4.69) is 25.8 Å². The molecule has 1 heterocycles. The summed E-state index contributed by atoms with van der Waals surface area (Å²) in [5.74, 6) is 0. The van der Waals surface area contributed by atoms with Crippen LogP contribution in [0.3, 0.4) is 0 Å². The Balaban J connectivity index is 0. The third kappa shape index (κ3) is 6.12. The Hall–Kier alpha value is -0.560. The lowest BCUT2D eigenvalue weighted by atomic mass is 9.88. The zero-order valence-electron chi connectivity index (χ0n) is 12.0. The minimum absolute atomic E-state index is 0.0811. The van der Waals surface area contributed by atoms with Crippen molar-refractivity contribution in [3.8, 4) is 0 Å². The first-order valence-electron chi connectivity index (χ1n) is 6.05. The highest BCUT2D eigenvalue weighted by Gasteiger charge is 2.17. The van der Waals surface area contributed by atoms with E-state index in [0.29, 0.717) is 5.15 Å². The summed E-state index contributed by atoms with van der Waals surface area (Å²) >= 11 is 6.00. The maximum atomic E-state index is 6.00. The van der Waals surface area contributed by atoms with Gasteiger partial charge in [-0.1, -0.05) is 66.1 Å². The normalized spacial score (nSPS) is 9.56. The molecule has 0 bridgehead atoms. The Bertz CT molecular complexity index is 287. The molecule has 2 heteroatoms. The zero-order valence-corrected chi connectivity index (χ0v) is 12.7. The van der Waals surface area contributed by atoms with Crippen LogP contribution < -0.4 is 0 Å². The van der Waals surface area contributed by atoms with E-state index in [1.54, 1.807) is 0 Å². The van der Waals surface area contributed by atoms with Crippen LogP contribution >= 0.6 is 11.6 Å². The molecule has 0 N–H and O–H groups in total. The third-order valence-corrected chi connectivity index (χ3v) is 2.08. The first kappa shape index (κ1) is 17.8. The van der Waals surface area contributed by atoms with Crippen LogP contribution in [0.2, 0.25) is 5.15 Å². The molecule has 0 unspecified atom stereocenters. The number of hydrogen-bond donors (Lipinski definition) is 0. The van der Waals surface area contributed by atoms with Gasteiger partial charge >= 0.3 is 0 Å². The predicted molar refractivity (Wildman–Crippen MR) is 75.4 cm³/mol. The highest BCUT2D eigenvalue weighted by molar-refractivity contribution is 6.30. The number of halogens is 1. The van der Waals surface area contributed by atoms with Gasteiger partial charge in [-0.2, -0.15) is 0 Å². The lowest BCUT2D eigenvalue weighted by Crippen LogP contribution is -2.12. The molecule has 0 aliphatic heterocycles. The fourth-order valence-corrected chi connectivity index (χ4v) is 1.56. The second-order valence-electron chi connectivity index (χ2n) is 4.04. The van der Waals surface area contributed by atoms with Crippen LogP contribution in [0.4, 0.5) is 0 Å². The minimum Gasteiger partial charge on any atom is -0.241 e. The number of rotatable bonds is 0. The summed E-state index contributed by atoms with van der Waals surface area (Å²) in [5.41, 5.74) is 2.15. The lowest BCUT2D eigenvalue weighted by Gasteiger charge is -2.19. The van der Waals surface area contributed by atoms with Crippen molar-refractivity contribution in [1.29, 1.82) is 0 Å². The lowest BCUT2D eigenvalue weighted by molar-refractivity contribution is 0.587. The Morgan fingerprint density at radius 3 is 1.75 bits per heavy atom. The van der Waals surface area contributed by atoms with Crippen molar-refractivity contribution in [2.45, 2.75) is 60.8 Å². The van der Waals surface area contributed by atoms with E-state index in [0.717, 1.165) is 11.3 Å². The molecular formula is C14H26ClN. The molecule has 0 spiro atoms. The van der Waals surface area contributed by atoms with Gasteiger partial charge in [0.1, 0.15) is 5.15 Å². The van der Waals surface area contributed by atoms with Crippen molar-refractivity contribution in [2.24, 2.45) is 0 Å². The quantitative estimate of drug-likeness (QED) is 0.557. The van der Waals surface area contributed by atoms with Crippen molar-refractivity contribution < 1.29 is 0 Å². The minimum atomic E-state index is 0.0811. The van der Waals surface area contributed by atoms with Crippen molar-refractivity contribution in [2.75, 3.05) is 0 Å². The molecule has 1 aromatic rings. The van der Waals surface area contributed by atoms with Gasteiger partial charge in [0.15, 0.2) is 0 Å². The third-order valence-electron chi connectivity index (χ3n) is 1.80. The Labute approximate surface area is 106 Å². The van der Waals surface area contributed by atoms with Crippen LogP contribution in [0, 0.1) is 6.92 Å². The van der Waals surface area contributed by atoms with Gasteiger partial charge in [0, 0.05) is 5.69 Å². The van der Waals surface area contributed by atoms with Crippen molar-refractivity contribution in [3.63, 3.8) is 0 Å². The van der Waals surface area contributed by atoms with Gasteiger partial charge in [-0.15, -0.1) is 0 Å². The largest absolute Gasteiger partial charge is 0.241 e. The van der Waals surface area contributed by atoms with E-state index in [-0.39, 0.29) is 5.41 Å². The zero-order chi connectivity index (χ0) is 13.4. The highest BCUT2D eigenvalue weighted by atomic mass is 35.5. The maximum Gasteiger partial charge on any atom is 0.133 e. The van der Waals surface area contributed by atoms with E-state index in [1.165, 1.54) is 0 Å². The molecule has 0 fully saturated rings.